The van der Waals surface area contributed by atoms with Gasteiger partial charge >= 0.3 is 0 Å². The zero-order valence-corrected chi connectivity index (χ0v) is 9.15. The Kier molecular flexibility index (Phi) is 3.14. The molecule has 1 amide bonds. The first-order valence-electron chi connectivity index (χ1n) is 5.53. The molecule has 1 aromatic heterocycles. The van der Waals surface area contributed by atoms with Gasteiger partial charge in [-0.05, 0) is 38.3 Å². The van der Waals surface area contributed by atoms with Crippen molar-refractivity contribution in [2.75, 3.05) is 6.54 Å². The van der Waals surface area contributed by atoms with Crippen molar-refractivity contribution in [1.82, 2.24) is 15.3 Å². The van der Waals surface area contributed by atoms with E-state index >= 15 is 0 Å². The minimum Gasteiger partial charge on any atom is -0.368 e. The largest absolute Gasteiger partial charge is 0.368 e. The molecule has 1 aliphatic heterocycles. The molecule has 86 valence electrons. The summed E-state index contributed by atoms with van der Waals surface area (Å²) in [5.41, 5.74) is 5.94. The smallest absolute Gasteiger partial charge is 0.237 e. The highest BCUT2D eigenvalue weighted by molar-refractivity contribution is 5.85. The molecule has 2 rings (SSSR count). The summed E-state index contributed by atoms with van der Waals surface area (Å²) in [5, 5.41) is 3.14. The monoisotopic (exact) mass is 220 g/mol. The average molecular weight is 220 g/mol. The van der Waals surface area contributed by atoms with E-state index in [1.54, 1.807) is 12.5 Å². The van der Waals surface area contributed by atoms with E-state index in [2.05, 4.69) is 15.3 Å². The van der Waals surface area contributed by atoms with Crippen LogP contribution in [0, 0.1) is 0 Å². The number of hydrogen-bond acceptors (Lipinski definition) is 4. The molecule has 0 bridgehead atoms. The third-order valence-corrected chi connectivity index (χ3v) is 3.17. The second kappa shape index (κ2) is 4.57. The van der Waals surface area contributed by atoms with Gasteiger partial charge < -0.3 is 11.1 Å². The highest BCUT2D eigenvalue weighted by atomic mass is 16.1. The van der Waals surface area contributed by atoms with Crippen LogP contribution in [0.1, 0.15) is 25.0 Å². The van der Waals surface area contributed by atoms with Crippen LogP contribution >= 0.6 is 0 Å². The first kappa shape index (κ1) is 11.0. The van der Waals surface area contributed by atoms with Gasteiger partial charge in [0.1, 0.15) is 6.33 Å². The Bertz CT molecular complexity index is 362. The van der Waals surface area contributed by atoms with Gasteiger partial charge in [0.2, 0.25) is 5.91 Å². The Hall–Kier alpha value is -1.49. The molecule has 0 unspecified atom stereocenters. The van der Waals surface area contributed by atoms with Gasteiger partial charge in [0.25, 0.3) is 0 Å². The highest BCUT2D eigenvalue weighted by Gasteiger charge is 2.41. The Labute approximate surface area is 94.5 Å². The van der Waals surface area contributed by atoms with Gasteiger partial charge in [-0.25, -0.2) is 9.97 Å². The maximum atomic E-state index is 11.3. The molecule has 0 aromatic carbocycles. The number of amides is 1. The summed E-state index contributed by atoms with van der Waals surface area (Å²) in [4.78, 5) is 19.3. The molecular weight excluding hydrogens is 204 g/mol. The second-order valence-electron chi connectivity index (χ2n) is 4.18. The minimum atomic E-state index is -0.451. The van der Waals surface area contributed by atoms with Crippen LogP contribution in [-0.4, -0.2) is 28.0 Å². The van der Waals surface area contributed by atoms with Gasteiger partial charge in [0.15, 0.2) is 0 Å². The molecule has 5 heteroatoms. The maximum Gasteiger partial charge on any atom is 0.237 e. The Morgan fingerprint density at radius 3 is 2.94 bits per heavy atom. The Morgan fingerprint density at radius 2 is 2.44 bits per heavy atom. The van der Waals surface area contributed by atoms with Crippen LogP contribution < -0.4 is 11.1 Å². The quantitative estimate of drug-likeness (QED) is 0.733. The van der Waals surface area contributed by atoms with Crippen molar-refractivity contribution in [1.29, 1.82) is 0 Å². The minimum absolute atomic E-state index is 0.235. The van der Waals surface area contributed by atoms with E-state index in [1.165, 1.54) is 0 Å². The number of primary amides is 1. The average Bonchev–Trinajstić information content (AvgIpc) is 2.23. The topological polar surface area (TPSA) is 80.9 Å². The standard InChI is InChI=1S/C11H16N4O/c12-10(16)11(5-7-15-11)4-1-2-9-3-6-13-8-14-9/h3,6,8,15H,1-2,4-5,7H2,(H2,12,16)/t11-/m0/s1. The van der Waals surface area contributed by atoms with Crippen molar-refractivity contribution >= 4 is 5.91 Å². The molecule has 1 aliphatic rings. The molecule has 0 radical (unpaired) electrons. The molecule has 3 N–H and O–H groups in total. The number of carbonyl (C=O) groups is 1. The van der Waals surface area contributed by atoms with Crippen molar-refractivity contribution in [3.05, 3.63) is 24.3 Å². The lowest BCUT2D eigenvalue weighted by Gasteiger charge is -2.40. The van der Waals surface area contributed by atoms with Gasteiger partial charge in [-0.3, -0.25) is 4.79 Å². The van der Waals surface area contributed by atoms with Crippen LogP contribution in [0.3, 0.4) is 0 Å². The van der Waals surface area contributed by atoms with Gasteiger partial charge in [-0.2, -0.15) is 0 Å². The van der Waals surface area contributed by atoms with E-state index in [1.807, 2.05) is 6.07 Å². The summed E-state index contributed by atoms with van der Waals surface area (Å²) in [5.74, 6) is -0.235. The van der Waals surface area contributed by atoms with E-state index < -0.39 is 5.54 Å². The van der Waals surface area contributed by atoms with Crippen LogP contribution in [0.4, 0.5) is 0 Å². The Morgan fingerprint density at radius 1 is 1.62 bits per heavy atom. The summed E-state index contributed by atoms with van der Waals surface area (Å²) < 4.78 is 0. The first-order valence-corrected chi connectivity index (χ1v) is 5.53. The predicted octanol–water partition coefficient (Wildman–Crippen LogP) is 0.0167. The van der Waals surface area contributed by atoms with E-state index in [4.69, 9.17) is 5.73 Å². The molecule has 1 aromatic rings. The van der Waals surface area contributed by atoms with E-state index in [-0.39, 0.29) is 5.91 Å². The second-order valence-corrected chi connectivity index (χ2v) is 4.18. The number of aryl methyl sites for hydroxylation is 1. The van der Waals surface area contributed by atoms with Crippen molar-refractivity contribution in [2.45, 2.75) is 31.2 Å². The summed E-state index contributed by atoms with van der Waals surface area (Å²) in [6.07, 6.45) is 6.68. The van der Waals surface area contributed by atoms with Crippen LogP contribution in [0.25, 0.3) is 0 Å². The van der Waals surface area contributed by atoms with Crippen LogP contribution in [-0.2, 0) is 11.2 Å². The van der Waals surface area contributed by atoms with Gasteiger partial charge in [0.05, 0.1) is 5.54 Å². The zero-order valence-electron chi connectivity index (χ0n) is 9.15. The number of aromatic nitrogens is 2. The lowest BCUT2D eigenvalue weighted by atomic mass is 9.82. The molecule has 1 fully saturated rings. The zero-order chi connectivity index (χ0) is 11.4. The van der Waals surface area contributed by atoms with Crippen LogP contribution in [0.15, 0.2) is 18.6 Å². The number of nitrogens with two attached hydrogens (primary N) is 1. The fraction of sp³-hybridized carbons (Fsp3) is 0.545. The van der Waals surface area contributed by atoms with E-state index in [0.717, 1.165) is 37.9 Å². The number of hydrogen-bond donors (Lipinski definition) is 2. The molecule has 16 heavy (non-hydrogen) atoms. The molecule has 2 heterocycles. The van der Waals surface area contributed by atoms with Crippen molar-refractivity contribution < 1.29 is 4.79 Å². The van der Waals surface area contributed by atoms with Gasteiger partial charge in [-0.15, -0.1) is 0 Å². The van der Waals surface area contributed by atoms with Crippen molar-refractivity contribution in [3.63, 3.8) is 0 Å². The number of nitrogens with zero attached hydrogens (tertiary/aromatic N) is 2. The molecule has 0 aliphatic carbocycles. The molecule has 0 saturated carbocycles. The maximum absolute atomic E-state index is 11.3. The number of rotatable bonds is 5. The summed E-state index contributed by atoms with van der Waals surface area (Å²) >= 11 is 0. The van der Waals surface area contributed by atoms with E-state index in [0.29, 0.717) is 0 Å². The van der Waals surface area contributed by atoms with Crippen molar-refractivity contribution in [3.8, 4) is 0 Å². The number of nitrogens with one attached hydrogen (secondary N) is 1. The SMILES string of the molecule is NC(=O)[C@]1(CCCc2ccncn2)CCN1. The third-order valence-electron chi connectivity index (χ3n) is 3.17. The highest BCUT2D eigenvalue weighted by Crippen LogP contribution is 2.24. The summed E-state index contributed by atoms with van der Waals surface area (Å²) in [7, 11) is 0. The molecule has 1 saturated heterocycles. The molecule has 1 atom stereocenters. The molecule has 0 spiro atoms. The van der Waals surface area contributed by atoms with Crippen molar-refractivity contribution in [2.24, 2.45) is 5.73 Å². The van der Waals surface area contributed by atoms with Gasteiger partial charge in [0, 0.05) is 11.9 Å². The Balaban J connectivity index is 1.82. The molecule has 5 nitrogen and oxygen atoms in total. The first-order chi connectivity index (χ1) is 7.73. The summed E-state index contributed by atoms with van der Waals surface area (Å²) in [6.45, 7) is 0.885. The fourth-order valence-corrected chi connectivity index (χ4v) is 2.01. The normalized spacial score (nSPS) is 23.8. The van der Waals surface area contributed by atoms with Crippen LogP contribution in [0.2, 0.25) is 0 Å². The lowest BCUT2D eigenvalue weighted by molar-refractivity contribution is -0.127. The third kappa shape index (κ3) is 2.19. The fourth-order valence-electron chi connectivity index (χ4n) is 2.01. The lowest BCUT2D eigenvalue weighted by Crippen LogP contribution is -2.64. The van der Waals surface area contributed by atoms with Gasteiger partial charge in [-0.1, -0.05) is 0 Å². The predicted molar refractivity (Wildman–Crippen MR) is 59.5 cm³/mol. The van der Waals surface area contributed by atoms with E-state index in [9.17, 15) is 4.79 Å². The van der Waals surface area contributed by atoms with Crippen LogP contribution in [0.5, 0.6) is 0 Å². The molecular formula is C11H16N4O. The summed E-state index contributed by atoms with van der Waals surface area (Å²) in [6, 6.07) is 1.89. The number of carbonyl (C=O) groups excluding carboxylic acids is 1.